The minimum atomic E-state index is -1.07. The highest BCUT2D eigenvalue weighted by molar-refractivity contribution is 7.14. The first-order chi connectivity index (χ1) is 9.56. The molecule has 2 aromatic rings. The second-order valence-electron chi connectivity index (χ2n) is 4.64. The Morgan fingerprint density at radius 2 is 2.20 bits per heavy atom. The van der Waals surface area contributed by atoms with Gasteiger partial charge in [-0.1, -0.05) is 0 Å². The van der Waals surface area contributed by atoms with Crippen molar-refractivity contribution in [1.29, 1.82) is 0 Å². The Balaban J connectivity index is 1.84. The number of carboxylic acid groups (broad SMARTS) is 1. The van der Waals surface area contributed by atoms with Gasteiger partial charge in [0.05, 0.1) is 10.6 Å². The largest absolute Gasteiger partial charge is 0.478 e. The number of carboxylic acids is 1. The van der Waals surface area contributed by atoms with E-state index in [0.717, 1.165) is 30.8 Å². The molecule has 0 aliphatic heterocycles. The lowest BCUT2D eigenvalue weighted by Gasteiger charge is -2.01. The minimum absolute atomic E-state index is 0.0763. The number of aryl methyl sites for hydroxylation is 3. The molecule has 104 valence electrons. The summed E-state index contributed by atoms with van der Waals surface area (Å²) in [5.41, 5.74) is 1.75. The van der Waals surface area contributed by atoms with Gasteiger partial charge in [0.1, 0.15) is 10.6 Å². The summed E-state index contributed by atoms with van der Waals surface area (Å²) in [4.78, 5) is 25.3. The highest BCUT2D eigenvalue weighted by atomic mass is 32.1. The highest BCUT2D eigenvalue weighted by Crippen LogP contribution is 2.32. The molecule has 1 aliphatic carbocycles. The molecule has 0 bridgehead atoms. The number of anilines is 1. The van der Waals surface area contributed by atoms with Crippen LogP contribution in [0.1, 0.15) is 42.6 Å². The van der Waals surface area contributed by atoms with Crippen molar-refractivity contribution in [2.45, 2.75) is 26.2 Å². The summed E-state index contributed by atoms with van der Waals surface area (Å²) in [7, 11) is 0. The first-order valence-corrected chi connectivity index (χ1v) is 7.77. The second-order valence-corrected chi connectivity index (χ2v) is 6.55. The van der Waals surface area contributed by atoms with Crippen molar-refractivity contribution in [1.82, 2.24) is 4.37 Å². The molecular formula is C13H12N2O3S2. The summed E-state index contributed by atoms with van der Waals surface area (Å²) in [6.07, 6.45) is 3.22. The molecule has 1 amide bonds. The third kappa shape index (κ3) is 2.23. The second kappa shape index (κ2) is 4.99. The SMILES string of the molecule is Cc1nsc(NC(=O)c2cc3c(s2)CCC3)c1C(=O)O. The molecule has 0 unspecified atom stereocenters. The first kappa shape index (κ1) is 13.3. The molecule has 0 fully saturated rings. The Bertz CT molecular complexity index is 681. The maximum atomic E-state index is 12.2. The van der Waals surface area contributed by atoms with Crippen LogP contribution in [0.4, 0.5) is 5.00 Å². The van der Waals surface area contributed by atoms with E-state index in [1.165, 1.54) is 21.8 Å². The van der Waals surface area contributed by atoms with E-state index in [4.69, 9.17) is 5.11 Å². The molecule has 0 spiro atoms. The van der Waals surface area contributed by atoms with Crippen molar-refractivity contribution in [3.63, 3.8) is 0 Å². The van der Waals surface area contributed by atoms with Gasteiger partial charge in [-0.3, -0.25) is 4.79 Å². The third-order valence-corrected chi connectivity index (χ3v) is 5.36. The number of hydrogen-bond acceptors (Lipinski definition) is 5. The van der Waals surface area contributed by atoms with Crippen LogP contribution in [0.5, 0.6) is 0 Å². The molecule has 0 radical (unpaired) electrons. The molecule has 2 N–H and O–H groups in total. The van der Waals surface area contributed by atoms with Crippen LogP contribution in [0.3, 0.4) is 0 Å². The summed E-state index contributed by atoms with van der Waals surface area (Å²) in [6, 6.07) is 1.91. The summed E-state index contributed by atoms with van der Waals surface area (Å²) in [5, 5.41) is 12.1. The molecule has 1 aliphatic rings. The van der Waals surface area contributed by atoms with E-state index in [1.54, 1.807) is 6.92 Å². The fourth-order valence-corrected chi connectivity index (χ4v) is 4.25. The Morgan fingerprint density at radius 3 is 2.90 bits per heavy atom. The number of thiophene rings is 1. The van der Waals surface area contributed by atoms with Crippen molar-refractivity contribution in [3.8, 4) is 0 Å². The van der Waals surface area contributed by atoms with Crippen molar-refractivity contribution >= 4 is 39.7 Å². The van der Waals surface area contributed by atoms with E-state index in [0.29, 0.717) is 15.6 Å². The van der Waals surface area contributed by atoms with Crippen molar-refractivity contribution < 1.29 is 14.7 Å². The van der Waals surface area contributed by atoms with Crippen molar-refractivity contribution in [2.24, 2.45) is 0 Å². The van der Waals surface area contributed by atoms with Crippen LogP contribution in [0.25, 0.3) is 0 Å². The van der Waals surface area contributed by atoms with Crippen LogP contribution in [0.2, 0.25) is 0 Å². The molecule has 0 aromatic carbocycles. The van der Waals surface area contributed by atoms with Gasteiger partial charge in [0.25, 0.3) is 5.91 Å². The number of aromatic carboxylic acids is 1. The number of nitrogens with zero attached hydrogens (tertiary/aromatic N) is 1. The zero-order valence-electron chi connectivity index (χ0n) is 10.7. The number of hydrogen-bond donors (Lipinski definition) is 2. The molecule has 20 heavy (non-hydrogen) atoms. The van der Waals surface area contributed by atoms with E-state index in [1.807, 2.05) is 6.07 Å². The normalized spacial score (nSPS) is 13.2. The van der Waals surface area contributed by atoms with Crippen molar-refractivity contribution in [3.05, 3.63) is 32.6 Å². The molecule has 7 heteroatoms. The number of carbonyl (C=O) groups excluding carboxylic acids is 1. The van der Waals surface area contributed by atoms with Crippen LogP contribution >= 0.6 is 22.9 Å². The van der Waals surface area contributed by atoms with Gasteiger partial charge in [0, 0.05) is 4.88 Å². The average molecular weight is 308 g/mol. The first-order valence-electron chi connectivity index (χ1n) is 6.18. The maximum absolute atomic E-state index is 12.2. The van der Waals surface area contributed by atoms with Gasteiger partial charge in [-0.25, -0.2) is 4.79 Å². The topological polar surface area (TPSA) is 79.3 Å². The summed E-state index contributed by atoms with van der Waals surface area (Å²) in [6.45, 7) is 1.62. The minimum Gasteiger partial charge on any atom is -0.478 e. The third-order valence-electron chi connectivity index (χ3n) is 3.27. The van der Waals surface area contributed by atoms with Crippen LogP contribution < -0.4 is 5.32 Å². The van der Waals surface area contributed by atoms with Crippen LogP contribution in [0, 0.1) is 6.92 Å². The maximum Gasteiger partial charge on any atom is 0.340 e. The zero-order chi connectivity index (χ0) is 14.3. The summed E-state index contributed by atoms with van der Waals surface area (Å²) < 4.78 is 3.98. The molecule has 2 aromatic heterocycles. The lowest BCUT2D eigenvalue weighted by atomic mass is 10.2. The number of nitrogens with one attached hydrogen (secondary N) is 1. The molecule has 3 rings (SSSR count). The fourth-order valence-electron chi connectivity index (χ4n) is 2.31. The fraction of sp³-hybridized carbons (Fsp3) is 0.308. The lowest BCUT2D eigenvalue weighted by molar-refractivity contribution is 0.0697. The molecule has 2 heterocycles. The Labute approximate surface area is 123 Å². The number of carbonyl (C=O) groups is 2. The van der Waals surface area contributed by atoms with Crippen LogP contribution in [-0.2, 0) is 12.8 Å². The Morgan fingerprint density at radius 1 is 1.40 bits per heavy atom. The number of fused-ring (bicyclic) bond motifs is 1. The van der Waals surface area contributed by atoms with Gasteiger partial charge in [-0.2, -0.15) is 4.37 Å². The molecule has 0 atom stereocenters. The van der Waals surface area contributed by atoms with E-state index in [2.05, 4.69) is 9.69 Å². The van der Waals surface area contributed by atoms with Crippen LogP contribution in [-0.4, -0.2) is 21.4 Å². The van der Waals surface area contributed by atoms with Gasteiger partial charge < -0.3 is 10.4 Å². The van der Waals surface area contributed by atoms with Crippen LogP contribution in [0.15, 0.2) is 6.07 Å². The van der Waals surface area contributed by atoms with E-state index < -0.39 is 5.97 Å². The van der Waals surface area contributed by atoms with E-state index in [-0.39, 0.29) is 11.5 Å². The standard InChI is InChI=1S/C13H12N2O3S2/c1-6-10(13(17)18)12(20-15-6)14-11(16)9-5-7-3-2-4-8(7)19-9/h5H,2-4H2,1H3,(H,14,16)(H,17,18). The molecule has 0 saturated carbocycles. The predicted octanol–water partition coefficient (Wildman–Crippen LogP) is 2.95. The van der Waals surface area contributed by atoms with Gasteiger partial charge in [0.2, 0.25) is 0 Å². The predicted molar refractivity (Wildman–Crippen MR) is 78.1 cm³/mol. The smallest absolute Gasteiger partial charge is 0.340 e. The van der Waals surface area contributed by atoms with E-state index >= 15 is 0 Å². The van der Waals surface area contributed by atoms with Gasteiger partial charge in [-0.05, 0) is 49.3 Å². The highest BCUT2D eigenvalue weighted by Gasteiger charge is 2.22. The zero-order valence-corrected chi connectivity index (χ0v) is 12.4. The lowest BCUT2D eigenvalue weighted by Crippen LogP contribution is -2.12. The number of rotatable bonds is 3. The van der Waals surface area contributed by atoms with Gasteiger partial charge >= 0.3 is 5.97 Å². The molecule has 0 saturated heterocycles. The van der Waals surface area contributed by atoms with Gasteiger partial charge in [0.15, 0.2) is 0 Å². The number of amides is 1. The number of aromatic nitrogens is 1. The summed E-state index contributed by atoms with van der Waals surface area (Å²) in [5.74, 6) is -1.32. The Kier molecular flexibility index (Phi) is 3.31. The Hall–Kier alpha value is -1.73. The quantitative estimate of drug-likeness (QED) is 0.913. The van der Waals surface area contributed by atoms with E-state index in [9.17, 15) is 9.59 Å². The average Bonchev–Trinajstić information content (AvgIpc) is 3.02. The molecule has 5 nitrogen and oxygen atoms in total. The van der Waals surface area contributed by atoms with Gasteiger partial charge in [-0.15, -0.1) is 11.3 Å². The monoisotopic (exact) mass is 308 g/mol. The van der Waals surface area contributed by atoms with Crippen molar-refractivity contribution in [2.75, 3.05) is 5.32 Å². The molecular weight excluding hydrogens is 296 g/mol. The summed E-state index contributed by atoms with van der Waals surface area (Å²) >= 11 is 2.50.